The Bertz CT molecular complexity index is 355. The van der Waals surface area contributed by atoms with Crippen molar-refractivity contribution in [2.24, 2.45) is 0 Å². The van der Waals surface area contributed by atoms with Crippen LogP contribution >= 0.6 is 0 Å². The van der Waals surface area contributed by atoms with Crippen molar-refractivity contribution in [3.63, 3.8) is 0 Å². The van der Waals surface area contributed by atoms with Gasteiger partial charge in [0.15, 0.2) is 0 Å². The van der Waals surface area contributed by atoms with E-state index >= 15 is 0 Å². The van der Waals surface area contributed by atoms with Gasteiger partial charge >= 0.3 is 0 Å². The summed E-state index contributed by atoms with van der Waals surface area (Å²) in [6, 6.07) is 5.70. The van der Waals surface area contributed by atoms with Crippen LogP contribution in [0.3, 0.4) is 0 Å². The second kappa shape index (κ2) is 6.30. The Morgan fingerprint density at radius 3 is 2.67 bits per heavy atom. The molecule has 1 aromatic rings. The summed E-state index contributed by atoms with van der Waals surface area (Å²) in [5.74, 6) is 0. The number of nitrogens with zero attached hydrogens (tertiary/aromatic N) is 2. The fraction of sp³-hybridized carbons (Fsp3) is 0.667. The van der Waals surface area contributed by atoms with Crippen LogP contribution in [0.5, 0.6) is 0 Å². The summed E-state index contributed by atoms with van der Waals surface area (Å²) < 4.78 is 0. The first kappa shape index (κ1) is 13.5. The fourth-order valence-electron chi connectivity index (χ4n) is 2.07. The van der Waals surface area contributed by atoms with E-state index in [9.17, 15) is 0 Å². The van der Waals surface area contributed by atoms with Gasteiger partial charge in [0.25, 0.3) is 0 Å². The first-order valence-corrected chi connectivity index (χ1v) is 7.10. The van der Waals surface area contributed by atoms with Crippen molar-refractivity contribution < 1.29 is 0 Å². The SMILES string of the molecule is CCN(Cc1ccc(CNC2CC2)cn1)C(C)C. The minimum absolute atomic E-state index is 0.577. The molecule has 0 aromatic carbocycles. The first-order valence-electron chi connectivity index (χ1n) is 7.10. The monoisotopic (exact) mass is 247 g/mol. The number of pyridine rings is 1. The molecule has 0 bridgehead atoms. The van der Waals surface area contributed by atoms with E-state index < -0.39 is 0 Å². The largest absolute Gasteiger partial charge is 0.310 e. The van der Waals surface area contributed by atoms with Crippen molar-refractivity contribution in [3.8, 4) is 0 Å². The minimum atomic E-state index is 0.577. The molecule has 0 amide bonds. The molecule has 0 atom stereocenters. The molecule has 100 valence electrons. The van der Waals surface area contributed by atoms with Gasteiger partial charge in [0.2, 0.25) is 0 Å². The molecule has 1 fully saturated rings. The Hall–Kier alpha value is -0.930. The van der Waals surface area contributed by atoms with E-state index in [-0.39, 0.29) is 0 Å². The number of hydrogen-bond acceptors (Lipinski definition) is 3. The number of nitrogens with one attached hydrogen (secondary N) is 1. The van der Waals surface area contributed by atoms with Crippen molar-refractivity contribution in [1.82, 2.24) is 15.2 Å². The molecule has 2 rings (SSSR count). The van der Waals surface area contributed by atoms with E-state index in [4.69, 9.17) is 0 Å². The lowest BCUT2D eigenvalue weighted by Gasteiger charge is -2.24. The predicted molar refractivity (Wildman–Crippen MR) is 75.3 cm³/mol. The molecule has 1 aromatic heterocycles. The van der Waals surface area contributed by atoms with Gasteiger partial charge in [-0.2, -0.15) is 0 Å². The van der Waals surface area contributed by atoms with Crippen LogP contribution in [0.15, 0.2) is 18.3 Å². The van der Waals surface area contributed by atoms with Gasteiger partial charge in [-0.25, -0.2) is 0 Å². The van der Waals surface area contributed by atoms with Crippen LogP contribution in [0, 0.1) is 0 Å². The van der Waals surface area contributed by atoms with E-state index in [1.165, 1.54) is 24.1 Å². The molecule has 1 N–H and O–H groups in total. The van der Waals surface area contributed by atoms with Crippen LogP contribution in [-0.2, 0) is 13.1 Å². The summed E-state index contributed by atoms with van der Waals surface area (Å²) in [5, 5.41) is 3.51. The van der Waals surface area contributed by atoms with Crippen LogP contribution in [-0.4, -0.2) is 28.5 Å². The van der Waals surface area contributed by atoms with Crippen molar-refractivity contribution in [1.29, 1.82) is 0 Å². The Morgan fingerprint density at radius 1 is 1.39 bits per heavy atom. The van der Waals surface area contributed by atoms with Crippen LogP contribution in [0.1, 0.15) is 44.9 Å². The standard InChI is InChI=1S/C15H25N3/c1-4-18(12(2)3)11-15-6-5-13(10-17-15)9-16-14-7-8-14/h5-6,10,12,14,16H,4,7-9,11H2,1-3H3. The predicted octanol–water partition coefficient (Wildman–Crippen LogP) is 2.56. The molecule has 18 heavy (non-hydrogen) atoms. The highest BCUT2D eigenvalue weighted by Gasteiger charge is 2.19. The van der Waals surface area contributed by atoms with Crippen molar-refractivity contribution in [3.05, 3.63) is 29.6 Å². The highest BCUT2D eigenvalue weighted by atomic mass is 15.1. The smallest absolute Gasteiger partial charge is 0.0544 e. The van der Waals surface area contributed by atoms with Gasteiger partial charge in [-0.3, -0.25) is 9.88 Å². The summed E-state index contributed by atoms with van der Waals surface area (Å²) in [5.41, 5.74) is 2.46. The van der Waals surface area contributed by atoms with Gasteiger partial charge < -0.3 is 5.32 Å². The average Bonchev–Trinajstić information content (AvgIpc) is 3.18. The molecule has 0 unspecified atom stereocenters. The highest BCUT2D eigenvalue weighted by Crippen LogP contribution is 2.19. The van der Waals surface area contributed by atoms with Crippen molar-refractivity contribution >= 4 is 0 Å². The van der Waals surface area contributed by atoms with Crippen LogP contribution in [0.4, 0.5) is 0 Å². The number of rotatable bonds is 7. The molecule has 0 spiro atoms. The highest BCUT2D eigenvalue weighted by molar-refractivity contribution is 5.14. The fourth-order valence-corrected chi connectivity index (χ4v) is 2.07. The third-order valence-electron chi connectivity index (χ3n) is 3.56. The quantitative estimate of drug-likeness (QED) is 0.802. The average molecular weight is 247 g/mol. The maximum atomic E-state index is 4.57. The minimum Gasteiger partial charge on any atom is -0.310 e. The molecule has 1 saturated carbocycles. The maximum Gasteiger partial charge on any atom is 0.0544 e. The first-order chi connectivity index (χ1) is 8.69. The summed E-state index contributed by atoms with van der Waals surface area (Å²) in [6.07, 6.45) is 4.69. The van der Waals surface area contributed by atoms with Crippen LogP contribution in [0.2, 0.25) is 0 Å². The third-order valence-corrected chi connectivity index (χ3v) is 3.56. The van der Waals surface area contributed by atoms with E-state index in [1.54, 1.807) is 0 Å². The zero-order valence-electron chi connectivity index (χ0n) is 11.8. The van der Waals surface area contributed by atoms with Gasteiger partial charge in [-0.05, 0) is 44.9 Å². The summed E-state index contributed by atoms with van der Waals surface area (Å²) >= 11 is 0. The lowest BCUT2D eigenvalue weighted by molar-refractivity contribution is 0.222. The van der Waals surface area contributed by atoms with Gasteiger partial charge in [0.1, 0.15) is 0 Å². The Kier molecular flexibility index (Phi) is 4.72. The lowest BCUT2D eigenvalue weighted by atomic mass is 10.2. The topological polar surface area (TPSA) is 28.2 Å². The van der Waals surface area contributed by atoms with E-state index in [0.29, 0.717) is 6.04 Å². The number of hydrogen-bond donors (Lipinski definition) is 1. The summed E-state index contributed by atoms with van der Waals surface area (Å²) in [7, 11) is 0. The van der Waals surface area contributed by atoms with Crippen molar-refractivity contribution in [2.75, 3.05) is 6.54 Å². The Morgan fingerprint density at radius 2 is 2.17 bits per heavy atom. The second-order valence-electron chi connectivity index (χ2n) is 5.47. The van der Waals surface area contributed by atoms with E-state index in [0.717, 1.165) is 25.7 Å². The summed E-state index contributed by atoms with van der Waals surface area (Å²) in [4.78, 5) is 6.99. The van der Waals surface area contributed by atoms with Gasteiger partial charge in [-0.15, -0.1) is 0 Å². The Labute approximate surface area is 111 Å². The zero-order valence-corrected chi connectivity index (χ0v) is 11.8. The molecule has 0 radical (unpaired) electrons. The second-order valence-corrected chi connectivity index (χ2v) is 5.47. The normalized spacial score (nSPS) is 15.6. The third kappa shape index (κ3) is 4.07. The Balaban J connectivity index is 1.85. The van der Waals surface area contributed by atoms with Gasteiger partial charge in [-0.1, -0.05) is 13.0 Å². The molecule has 0 aliphatic heterocycles. The van der Waals surface area contributed by atoms with Crippen LogP contribution in [0.25, 0.3) is 0 Å². The van der Waals surface area contributed by atoms with E-state index in [2.05, 4.69) is 48.1 Å². The lowest BCUT2D eigenvalue weighted by Crippen LogP contribution is -2.30. The van der Waals surface area contributed by atoms with Gasteiger partial charge in [0, 0.05) is 31.4 Å². The van der Waals surface area contributed by atoms with Gasteiger partial charge in [0.05, 0.1) is 5.69 Å². The summed E-state index contributed by atoms with van der Waals surface area (Å²) in [6.45, 7) is 9.65. The molecule has 0 saturated heterocycles. The van der Waals surface area contributed by atoms with Crippen molar-refractivity contribution in [2.45, 2.75) is 58.8 Å². The number of aromatic nitrogens is 1. The maximum absolute atomic E-state index is 4.57. The molecular weight excluding hydrogens is 222 g/mol. The van der Waals surface area contributed by atoms with E-state index in [1.807, 2.05) is 6.20 Å². The van der Waals surface area contributed by atoms with Crippen LogP contribution < -0.4 is 5.32 Å². The zero-order chi connectivity index (χ0) is 13.0. The molecule has 1 aliphatic carbocycles. The molecule has 1 heterocycles. The molecule has 3 nitrogen and oxygen atoms in total. The molecular formula is C15H25N3. The molecule has 1 aliphatic rings. The molecule has 3 heteroatoms.